The number of hydrogen-bond donors (Lipinski definition) is 1. The van der Waals surface area contributed by atoms with E-state index in [1.165, 1.54) is 19.1 Å². The van der Waals surface area contributed by atoms with E-state index < -0.39 is 21.6 Å². The van der Waals surface area contributed by atoms with Crippen LogP contribution in [-0.4, -0.2) is 31.9 Å². The van der Waals surface area contributed by atoms with Crippen LogP contribution in [0.5, 0.6) is 0 Å². The number of hydrogen-bond acceptors (Lipinski definition) is 4. The number of anilines is 1. The second-order valence-electron chi connectivity index (χ2n) is 7.63. The van der Waals surface area contributed by atoms with Crippen LogP contribution in [0, 0.1) is 0 Å². The molecule has 164 valence electrons. The lowest BCUT2D eigenvalue weighted by Gasteiger charge is -2.17. The highest BCUT2D eigenvalue weighted by molar-refractivity contribution is 9.10. The lowest BCUT2D eigenvalue weighted by atomic mass is 10.00. The molecule has 1 heterocycles. The maximum Gasteiger partial charge on any atom is 0.335 e. The fourth-order valence-electron chi connectivity index (χ4n) is 3.97. The van der Waals surface area contributed by atoms with Gasteiger partial charge in [0.15, 0.2) is 9.84 Å². The van der Waals surface area contributed by atoms with Crippen molar-refractivity contribution in [3.8, 4) is 11.1 Å². The Hall–Kier alpha value is -2.97. The lowest BCUT2D eigenvalue weighted by molar-refractivity contribution is -0.116. The molecule has 6 nitrogen and oxygen atoms in total. The summed E-state index contributed by atoms with van der Waals surface area (Å²) in [6.45, 7) is 1.95. The number of sulfone groups is 1. The van der Waals surface area contributed by atoms with Crippen LogP contribution in [0.2, 0.25) is 0 Å². The maximum atomic E-state index is 13.4. The first-order valence-corrected chi connectivity index (χ1v) is 12.4. The van der Waals surface area contributed by atoms with E-state index in [9.17, 15) is 23.1 Å². The van der Waals surface area contributed by atoms with Crippen LogP contribution >= 0.6 is 15.9 Å². The summed E-state index contributed by atoms with van der Waals surface area (Å²) in [7, 11) is -3.92. The largest absolute Gasteiger partial charge is 0.478 e. The van der Waals surface area contributed by atoms with Crippen LogP contribution in [0.25, 0.3) is 11.1 Å². The zero-order chi connectivity index (χ0) is 23.0. The summed E-state index contributed by atoms with van der Waals surface area (Å²) in [5.74, 6) is -1.82. The predicted molar refractivity (Wildman–Crippen MR) is 126 cm³/mol. The number of fused-ring (bicyclic) bond motifs is 1. The molecule has 0 aliphatic carbocycles. The zero-order valence-electron chi connectivity index (χ0n) is 17.2. The first kappa shape index (κ1) is 22.2. The number of amides is 1. The van der Waals surface area contributed by atoms with E-state index in [0.717, 1.165) is 16.7 Å². The number of rotatable bonds is 5. The highest BCUT2D eigenvalue weighted by Gasteiger charge is 2.28. The topological polar surface area (TPSA) is 91.8 Å². The van der Waals surface area contributed by atoms with Gasteiger partial charge in [0.25, 0.3) is 0 Å². The average molecular weight is 514 g/mol. The molecular weight excluding hydrogens is 494 g/mol. The molecule has 0 fully saturated rings. The van der Waals surface area contributed by atoms with Gasteiger partial charge >= 0.3 is 5.97 Å². The van der Waals surface area contributed by atoms with E-state index in [1.807, 2.05) is 30.3 Å². The van der Waals surface area contributed by atoms with E-state index in [2.05, 4.69) is 15.9 Å². The molecule has 0 bridgehead atoms. The summed E-state index contributed by atoms with van der Waals surface area (Å²) in [6.07, 6.45) is 0.649. The third kappa shape index (κ3) is 4.20. The Morgan fingerprint density at radius 2 is 1.75 bits per heavy atom. The van der Waals surface area contributed by atoms with Gasteiger partial charge in [-0.2, -0.15) is 0 Å². The SMILES string of the molecule is CC(=O)N1CCc2cc(Br)c(S(=O)(=O)Cc3cc(-c4ccccc4)ccc3C(=O)O)cc21. The quantitative estimate of drug-likeness (QED) is 0.533. The number of halogens is 1. The van der Waals surface area contributed by atoms with Gasteiger partial charge < -0.3 is 10.0 Å². The molecule has 0 saturated heterocycles. The fraction of sp³-hybridized carbons (Fsp3) is 0.167. The minimum Gasteiger partial charge on any atom is -0.478 e. The monoisotopic (exact) mass is 513 g/mol. The van der Waals surface area contributed by atoms with Crippen LogP contribution in [-0.2, 0) is 26.8 Å². The number of aromatic carboxylic acids is 1. The van der Waals surface area contributed by atoms with Crippen molar-refractivity contribution >= 4 is 43.3 Å². The summed E-state index contributed by atoms with van der Waals surface area (Å²) >= 11 is 3.36. The number of nitrogens with zero attached hydrogens (tertiary/aromatic N) is 1. The summed E-state index contributed by atoms with van der Waals surface area (Å²) in [4.78, 5) is 25.3. The predicted octanol–water partition coefficient (Wildman–Crippen LogP) is 4.70. The normalized spacial score (nSPS) is 13.1. The van der Waals surface area contributed by atoms with Crippen molar-refractivity contribution in [1.82, 2.24) is 0 Å². The summed E-state index contributed by atoms with van der Waals surface area (Å²) in [5, 5.41) is 9.62. The van der Waals surface area contributed by atoms with Gasteiger partial charge in [-0.05, 0) is 68.9 Å². The Bertz CT molecular complexity index is 1340. The second-order valence-corrected chi connectivity index (χ2v) is 10.4. The summed E-state index contributed by atoms with van der Waals surface area (Å²) < 4.78 is 27.2. The van der Waals surface area contributed by atoms with Crippen LogP contribution in [0.4, 0.5) is 5.69 Å². The minimum atomic E-state index is -3.92. The van der Waals surface area contributed by atoms with Crippen molar-refractivity contribution < 1.29 is 23.1 Å². The van der Waals surface area contributed by atoms with Gasteiger partial charge in [0, 0.05) is 23.6 Å². The van der Waals surface area contributed by atoms with E-state index in [0.29, 0.717) is 23.1 Å². The minimum absolute atomic E-state index is 0.0332. The molecule has 0 saturated carbocycles. The van der Waals surface area contributed by atoms with Crippen LogP contribution in [0.15, 0.2) is 70.0 Å². The van der Waals surface area contributed by atoms with E-state index >= 15 is 0 Å². The highest BCUT2D eigenvalue weighted by atomic mass is 79.9. The first-order chi connectivity index (χ1) is 15.2. The van der Waals surface area contributed by atoms with Crippen LogP contribution in [0.3, 0.4) is 0 Å². The molecule has 1 aliphatic heterocycles. The van der Waals surface area contributed by atoms with Crippen molar-refractivity contribution in [3.05, 3.63) is 81.8 Å². The maximum absolute atomic E-state index is 13.4. The average Bonchev–Trinajstić information content (AvgIpc) is 3.16. The molecule has 3 aromatic rings. The van der Waals surface area contributed by atoms with Crippen molar-refractivity contribution in [2.45, 2.75) is 24.0 Å². The Kier molecular flexibility index (Phi) is 5.92. The van der Waals surface area contributed by atoms with Gasteiger partial charge in [-0.1, -0.05) is 36.4 Å². The zero-order valence-corrected chi connectivity index (χ0v) is 19.6. The van der Waals surface area contributed by atoms with Gasteiger partial charge in [-0.3, -0.25) is 4.79 Å². The molecule has 3 aromatic carbocycles. The fourth-order valence-corrected chi connectivity index (χ4v) is 6.55. The van der Waals surface area contributed by atoms with Gasteiger partial charge in [-0.15, -0.1) is 0 Å². The highest BCUT2D eigenvalue weighted by Crippen LogP contribution is 2.37. The molecule has 1 aliphatic rings. The smallest absolute Gasteiger partial charge is 0.335 e. The number of benzene rings is 3. The number of carboxylic acids is 1. The molecule has 8 heteroatoms. The molecule has 1 amide bonds. The van der Waals surface area contributed by atoms with Crippen molar-refractivity contribution in [2.24, 2.45) is 0 Å². The Labute approximate surface area is 194 Å². The molecule has 0 atom stereocenters. The third-order valence-corrected chi connectivity index (χ3v) is 8.15. The third-order valence-electron chi connectivity index (χ3n) is 5.53. The summed E-state index contributed by atoms with van der Waals surface area (Å²) in [6, 6.07) is 17.3. The van der Waals surface area contributed by atoms with Crippen molar-refractivity contribution in [1.29, 1.82) is 0 Å². The molecule has 4 rings (SSSR count). The lowest BCUT2D eigenvalue weighted by Crippen LogP contribution is -2.26. The molecule has 0 unspecified atom stereocenters. The Balaban J connectivity index is 1.78. The standard InChI is InChI=1S/C24H20BrNO5S/c1-15(27)26-10-9-18-12-21(25)23(13-22(18)26)32(30,31)14-19-11-17(7-8-20(19)24(28)29)16-5-3-2-4-6-16/h2-8,11-13H,9-10,14H2,1H3,(H,28,29). The van der Waals surface area contributed by atoms with E-state index in [1.54, 1.807) is 23.1 Å². The van der Waals surface area contributed by atoms with Crippen molar-refractivity contribution in [3.63, 3.8) is 0 Å². The van der Waals surface area contributed by atoms with E-state index in [-0.39, 0.29) is 21.9 Å². The van der Waals surface area contributed by atoms with Gasteiger partial charge in [0.2, 0.25) is 5.91 Å². The number of carbonyl (C=O) groups excluding carboxylic acids is 1. The van der Waals surface area contributed by atoms with Crippen LogP contribution < -0.4 is 4.90 Å². The molecule has 0 spiro atoms. The van der Waals surface area contributed by atoms with Gasteiger partial charge in [0.1, 0.15) is 0 Å². The van der Waals surface area contributed by atoms with E-state index in [4.69, 9.17) is 0 Å². The number of carbonyl (C=O) groups is 2. The Morgan fingerprint density at radius 3 is 2.41 bits per heavy atom. The molecule has 1 N–H and O–H groups in total. The van der Waals surface area contributed by atoms with Gasteiger partial charge in [-0.25, -0.2) is 13.2 Å². The molecular formula is C24H20BrNO5S. The molecule has 32 heavy (non-hydrogen) atoms. The molecule has 0 aromatic heterocycles. The van der Waals surface area contributed by atoms with Crippen molar-refractivity contribution in [2.75, 3.05) is 11.4 Å². The number of carboxylic acid groups (broad SMARTS) is 1. The summed E-state index contributed by atoms with van der Waals surface area (Å²) in [5.41, 5.74) is 3.21. The Morgan fingerprint density at radius 1 is 1.03 bits per heavy atom. The first-order valence-electron chi connectivity index (χ1n) is 9.92. The van der Waals surface area contributed by atoms with Crippen LogP contribution in [0.1, 0.15) is 28.4 Å². The van der Waals surface area contributed by atoms with Gasteiger partial charge in [0.05, 0.1) is 16.2 Å². The molecule has 0 radical (unpaired) electrons. The second kappa shape index (κ2) is 8.52.